The summed E-state index contributed by atoms with van der Waals surface area (Å²) in [5.41, 5.74) is 0.358. The van der Waals surface area contributed by atoms with Gasteiger partial charge >= 0.3 is 0 Å². The summed E-state index contributed by atoms with van der Waals surface area (Å²) in [5, 5.41) is 0. The maximum absolute atomic E-state index is 2.64. The molecule has 0 spiro atoms. The van der Waals surface area contributed by atoms with Crippen LogP contribution in [0.2, 0.25) is 0 Å². The molecule has 1 aliphatic rings. The molecule has 0 bridgehead atoms. The highest BCUT2D eigenvalue weighted by molar-refractivity contribution is 4.85. The number of hydrogen-bond acceptors (Lipinski definition) is 2. The third-order valence-corrected chi connectivity index (χ3v) is 3.74. The van der Waals surface area contributed by atoms with E-state index in [1.807, 2.05) is 0 Å². The molecule has 1 aliphatic heterocycles. The lowest BCUT2D eigenvalue weighted by molar-refractivity contribution is 0.159. The normalized spacial score (nSPS) is 23.2. The van der Waals surface area contributed by atoms with E-state index in [4.69, 9.17) is 0 Å². The SMILES string of the molecule is CCCN(CC)CC1CCN(C(C)(C)C)C1. The first kappa shape index (κ1) is 14.0. The minimum absolute atomic E-state index is 0.358. The van der Waals surface area contributed by atoms with Crippen LogP contribution in [-0.4, -0.2) is 48.1 Å². The van der Waals surface area contributed by atoms with Gasteiger partial charge in [-0.15, -0.1) is 0 Å². The molecule has 1 saturated heterocycles. The standard InChI is InChI=1S/C14H30N2/c1-6-9-15(7-2)11-13-8-10-16(12-13)14(3,4)5/h13H,6-12H2,1-5H3. The molecule has 1 unspecified atom stereocenters. The highest BCUT2D eigenvalue weighted by Gasteiger charge is 2.30. The molecule has 0 aromatic carbocycles. The lowest BCUT2D eigenvalue weighted by atomic mass is 10.1. The average molecular weight is 226 g/mol. The third kappa shape index (κ3) is 4.06. The van der Waals surface area contributed by atoms with E-state index in [2.05, 4.69) is 44.4 Å². The predicted molar refractivity (Wildman–Crippen MR) is 71.8 cm³/mol. The van der Waals surface area contributed by atoms with Gasteiger partial charge in [0, 0.05) is 18.6 Å². The zero-order valence-corrected chi connectivity index (χ0v) is 11.9. The van der Waals surface area contributed by atoms with Crippen molar-refractivity contribution in [3.05, 3.63) is 0 Å². The maximum Gasteiger partial charge on any atom is 0.0125 e. The summed E-state index contributed by atoms with van der Waals surface area (Å²) in [5.74, 6) is 0.894. The summed E-state index contributed by atoms with van der Waals surface area (Å²) in [4.78, 5) is 5.24. The van der Waals surface area contributed by atoms with Gasteiger partial charge in [0.1, 0.15) is 0 Å². The molecule has 1 fully saturated rings. The van der Waals surface area contributed by atoms with Gasteiger partial charge in [0.2, 0.25) is 0 Å². The summed E-state index contributed by atoms with van der Waals surface area (Å²) in [7, 11) is 0. The Morgan fingerprint density at radius 3 is 2.38 bits per heavy atom. The summed E-state index contributed by atoms with van der Waals surface area (Å²) in [6.45, 7) is 17.9. The average Bonchev–Trinajstić information content (AvgIpc) is 2.65. The second kappa shape index (κ2) is 6.02. The van der Waals surface area contributed by atoms with Crippen LogP contribution >= 0.6 is 0 Å². The van der Waals surface area contributed by atoms with Crippen LogP contribution < -0.4 is 0 Å². The minimum Gasteiger partial charge on any atom is -0.303 e. The van der Waals surface area contributed by atoms with Crippen molar-refractivity contribution in [1.82, 2.24) is 9.80 Å². The molecule has 16 heavy (non-hydrogen) atoms. The first-order valence-electron chi connectivity index (χ1n) is 6.94. The van der Waals surface area contributed by atoms with Crippen molar-refractivity contribution in [3.8, 4) is 0 Å². The lowest BCUT2D eigenvalue weighted by Crippen LogP contribution is -2.40. The minimum atomic E-state index is 0.358. The third-order valence-electron chi connectivity index (χ3n) is 3.74. The first-order valence-corrected chi connectivity index (χ1v) is 6.94. The summed E-state index contributed by atoms with van der Waals surface area (Å²) >= 11 is 0. The van der Waals surface area contributed by atoms with Crippen LogP contribution in [-0.2, 0) is 0 Å². The Morgan fingerprint density at radius 2 is 1.94 bits per heavy atom. The molecule has 0 amide bonds. The molecule has 2 nitrogen and oxygen atoms in total. The largest absolute Gasteiger partial charge is 0.303 e. The van der Waals surface area contributed by atoms with Crippen LogP contribution in [0.25, 0.3) is 0 Å². The van der Waals surface area contributed by atoms with E-state index in [1.54, 1.807) is 0 Å². The van der Waals surface area contributed by atoms with Crippen LogP contribution in [0.15, 0.2) is 0 Å². The molecule has 96 valence electrons. The second-order valence-corrected chi connectivity index (χ2v) is 6.16. The van der Waals surface area contributed by atoms with E-state index >= 15 is 0 Å². The molecule has 0 N–H and O–H groups in total. The maximum atomic E-state index is 2.64. The lowest BCUT2D eigenvalue weighted by Gasteiger charge is -2.32. The fraction of sp³-hybridized carbons (Fsp3) is 1.00. The molecule has 2 heteroatoms. The van der Waals surface area contributed by atoms with Crippen LogP contribution in [0.1, 0.15) is 47.5 Å². The topological polar surface area (TPSA) is 6.48 Å². The number of nitrogens with zero attached hydrogens (tertiary/aromatic N) is 2. The van der Waals surface area contributed by atoms with Gasteiger partial charge in [-0.05, 0) is 59.2 Å². The van der Waals surface area contributed by atoms with Gasteiger partial charge < -0.3 is 4.90 Å². The Kier molecular flexibility index (Phi) is 5.26. The highest BCUT2D eigenvalue weighted by Crippen LogP contribution is 2.24. The molecule has 0 radical (unpaired) electrons. The first-order chi connectivity index (χ1) is 7.47. The van der Waals surface area contributed by atoms with E-state index in [1.165, 1.54) is 45.6 Å². The molecule has 0 aromatic heterocycles. The Labute approximate surface area is 102 Å². The van der Waals surface area contributed by atoms with Crippen molar-refractivity contribution in [2.45, 2.75) is 53.0 Å². The Morgan fingerprint density at radius 1 is 1.25 bits per heavy atom. The molecule has 0 aliphatic carbocycles. The Balaban J connectivity index is 2.35. The van der Waals surface area contributed by atoms with E-state index in [9.17, 15) is 0 Å². The van der Waals surface area contributed by atoms with E-state index in [0.29, 0.717) is 5.54 Å². The molecule has 1 rings (SSSR count). The van der Waals surface area contributed by atoms with Crippen molar-refractivity contribution in [2.75, 3.05) is 32.7 Å². The molecule has 1 heterocycles. The molecule has 0 aromatic rings. The van der Waals surface area contributed by atoms with Crippen LogP contribution in [0.5, 0.6) is 0 Å². The van der Waals surface area contributed by atoms with Crippen molar-refractivity contribution in [2.24, 2.45) is 5.92 Å². The fourth-order valence-electron chi connectivity index (χ4n) is 2.65. The van der Waals surface area contributed by atoms with Gasteiger partial charge in [-0.3, -0.25) is 4.90 Å². The number of rotatable bonds is 5. The summed E-state index contributed by atoms with van der Waals surface area (Å²) < 4.78 is 0. The second-order valence-electron chi connectivity index (χ2n) is 6.16. The van der Waals surface area contributed by atoms with Crippen molar-refractivity contribution in [1.29, 1.82) is 0 Å². The summed E-state index contributed by atoms with van der Waals surface area (Å²) in [6.07, 6.45) is 2.67. The number of hydrogen-bond donors (Lipinski definition) is 0. The zero-order valence-electron chi connectivity index (χ0n) is 11.9. The quantitative estimate of drug-likeness (QED) is 0.711. The monoisotopic (exact) mass is 226 g/mol. The van der Waals surface area contributed by atoms with E-state index in [0.717, 1.165) is 5.92 Å². The van der Waals surface area contributed by atoms with Crippen LogP contribution in [0, 0.1) is 5.92 Å². The van der Waals surface area contributed by atoms with Gasteiger partial charge in [0.15, 0.2) is 0 Å². The van der Waals surface area contributed by atoms with Gasteiger partial charge in [0.25, 0.3) is 0 Å². The molecule has 1 atom stereocenters. The van der Waals surface area contributed by atoms with E-state index in [-0.39, 0.29) is 0 Å². The summed E-state index contributed by atoms with van der Waals surface area (Å²) in [6, 6.07) is 0. The van der Waals surface area contributed by atoms with E-state index < -0.39 is 0 Å². The molecular weight excluding hydrogens is 196 g/mol. The van der Waals surface area contributed by atoms with Crippen molar-refractivity contribution >= 4 is 0 Å². The van der Waals surface area contributed by atoms with Gasteiger partial charge in [-0.1, -0.05) is 13.8 Å². The Bertz CT molecular complexity index is 195. The predicted octanol–water partition coefficient (Wildman–Crippen LogP) is 2.84. The number of likely N-dealkylation sites (tertiary alicyclic amines) is 1. The molecule has 0 saturated carbocycles. The van der Waals surface area contributed by atoms with Crippen LogP contribution in [0.4, 0.5) is 0 Å². The van der Waals surface area contributed by atoms with Crippen molar-refractivity contribution < 1.29 is 0 Å². The van der Waals surface area contributed by atoms with Gasteiger partial charge in [0.05, 0.1) is 0 Å². The zero-order chi connectivity index (χ0) is 12.2. The van der Waals surface area contributed by atoms with Gasteiger partial charge in [-0.25, -0.2) is 0 Å². The highest BCUT2D eigenvalue weighted by atomic mass is 15.2. The fourth-order valence-corrected chi connectivity index (χ4v) is 2.65. The molecular formula is C14H30N2. The van der Waals surface area contributed by atoms with Crippen LogP contribution in [0.3, 0.4) is 0 Å². The Hall–Kier alpha value is -0.0800. The van der Waals surface area contributed by atoms with Gasteiger partial charge in [-0.2, -0.15) is 0 Å². The van der Waals surface area contributed by atoms with Crippen molar-refractivity contribution in [3.63, 3.8) is 0 Å². The smallest absolute Gasteiger partial charge is 0.0125 e.